The molecule has 6 heteroatoms. The molecule has 1 heterocycles. The second-order valence-corrected chi connectivity index (χ2v) is 4.91. The summed E-state index contributed by atoms with van der Waals surface area (Å²) in [5.41, 5.74) is 0.724. The smallest absolute Gasteiger partial charge is 0.416 e. The maximum atomic E-state index is 12.8. The fraction of sp³-hybridized carbons (Fsp3) is 0.125. The average molecular weight is 304 g/mol. The predicted octanol–water partition coefficient (Wildman–Crippen LogP) is 4.33. The lowest BCUT2D eigenvalue weighted by atomic mass is 10.1. The highest BCUT2D eigenvalue weighted by Gasteiger charge is 2.30. The molecule has 0 aliphatic rings. The highest BCUT2D eigenvalue weighted by molar-refractivity contribution is 5.83. The molecule has 0 aliphatic heterocycles. The van der Waals surface area contributed by atoms with Gasteiger partial charge in [-0.2, -0.15) is 13.2 Å². The summed E-state index contributed by atoms with van der Waals surface area (Å²) in [6, 6.07) is 9.61. The Kier molecular flexibility index (Phi) is 3.24. The van der Waals surface area contributed by atoms with Crippen LogP contribution in [0, 0.1) is 6.92 Å². The molecule has 0 unspecified atom stereocenters. The Morgan fingerprint density at radius 3 is 2.27 bits per heavy atom. The van der Waals surface area contributed by atoms with Crippen LogP contribution in [0.1, 0.15) is 11.3 Å². The summed E-state index contributed by atoms with van der Waals surface area (Å²) < 4.78 is 38.4. The van der Waals surface area contributed by atoms with E-state index < -0.39 is 11.7 Å². The van der Waals surface area contributed by atoms with E-state index in [0.29, 0.717) is 22.5 Å². The molecule has 0 atom stereocenters. The fourth-order valence-electron chi connectivity index (χ4n) is 2.20. The quantitative estimate of drug-likeness (QED) is 0.728. The molecule has 0 spiro atoms. The Hall–Kier alpha value is -2.63. The van der Waals surface area contributed by atoms with Crippen LogP contribution in [-0.4, -0.2) is 15.1 Å². The lowest BCUT2D eigenvalue weighted by molar-refractivity contribution is -0.137. The predicted molar refractivity (Wildman–Crippen MR) is 76.4 cm³/mol. The number of aryl methyl sites for hydroxylation is 1. The molecule has 3 aromatic rings. The first-order valence-electron chi connectivity index (χ1n) is 6.49. The molecule has 22 heavy (non-hydrogen) atoms. The van der Waals surface area contributed by atoms with Gasteiger partial charge in [0.15, 0.2) is 5.82 Å². The summed E-state index contributed by atoms with van der Waals surface area (Å²) in [5, 5.41) is 9.87. The monoisotopic (exact) mass is 304 g/mol. The van der Waals surface area contributed by atoms with Crippen LogP contribution in [0.5, 0.6) is 5.75 Å². The molecule has 0 amide bonds. The molecule has 0 saturated carbocycles. The Bertz CT molecular complexity index is 842. The number of benzene rings is 2. The van der Waals surface area contributed by atoms with E-state index in [4.69, 9.17) is 0 Å². The molecule has 3 rings (SSSR count). The van der Waals surface area contributed by atoms with Crippen molar-refractivity contribution in [2.24, 2.45) is 0 Å². The van der Waals surface area contributed by atoms with Gasteiger partial charge < -0.3 is 5.11 Å². The number of fused-ring (bicyclic) bond motifs is 1. The first kappa shape index (κ1) is 14.3. The first-order chi connectivity index (χ1) is 10.3. The SMILES string of the molecule is Cc1nc(-c2ccc(O)cc2)nc2cc(C(F)(F)F)ccc12. The van der Waals surface area contributed by atoms with Crippen molar-refractivity contribution in [3.63, 3.8) is 0 Å². The Morgan fingerprint density at radius 2 is 1.64 bits per heavy atom. The summed E-state index contributed by atoms with van der Waals surface area (Å²) in [4.78, 5) is 8.54. The highest BCUT2D eigenvalue weighted by atomic mass is 19.4. The number of phenols is 1. The minimum absolute atomic E-state index is 0.0978. The number of halogens is 3. The Labute approximate surface area is 124 Å². The minimum atomic E-state index is -4.41. The topological polar surface area (TPSA) is 46.0 Å². The fourth-order valence-corrected chi connectivity index (χ4v) is 2.20. The molecule has 1 aromatic heterocycles. The molecule has 0 aliphatic carbocycles. The van der Waals surface area contributed by atoms with Gasteiger partial charge in [-0.1, -0.05) is 6.07 Å². The second kappa shape index (κ2) is 4.98. The zero-order chi connectivity index (χ0) is 15.9. The maximum absolute atomic E-state index is 12.8. The number of aromatic hydroxyl groups is 1. The van der Waals surface area contributed by atoms with Gasteiger partial charge in [-0.05, 0) is 43.3 Å². The maximum Gasteiger partial charge on any atom is 0.416 e. The number of aromatic nitrogens is 2. The zero-order valence-corrected chi connectivity index (χ0v) is 11.5. The van der Waals surface area contributed by atoms with Gasteiger partial charge >= 0.3 is 6.18 Å². The van der Waals surface area contributed by atoms with Crippen LogP contribution in [0.15, 0.2) is 42.5 Å². The van der Waals surface area contributed by atoms with E-state index in [1.807, 2.05) is 0 Å². The number of hydrogen-bond acceptors (Lipinski definition) is 3. The lowest BCUT2D eigenvalue weighted by Crippen LogP contribution is -2.05. The van der Waals surface area contributed by atoms with Crippen LogP contribution < -0.4 is 0 Å². The van der Waals surface area contributed by atoms with E-state index >= 15 is 0 Å². The van der Waals surface area contributed by atoms with Gasteiger partial charge in [0, 0.05) is 16.6 Å². The zero-order valence-electron chi connectivity index (χ0n) is 11.5. The van der Waals surface area contributed by atoms with Crippen molar-refractivity contribution < 1.29 is 18.3 Å². The van der Waals surface area contributed by atoms with Crippen molar-refractivity contribution in [3.05, 3.63) is 53.7 Å². The molecular weight excluding hydrogens is 293 g/mol. The molecule has 112 valence electrons. The summed E-state index contributed by atoms with van der Waals surface area (Å²) in [6.45, 7) is 1.72. The van der Waals surface area contributed by atoms with Crippen LogP contribution in [0.4, 0.5) is 13.2 Å². The van der Waals surface area contributed by atoms with Gasteiger partial charge in [-0.25, -0.2) is 9.97 Å². The minimum Gasteiger partial charge on any atom is -0.508 e. The molecule has 0 bridgehead atoms. The number of rotatable bonds is 1. The van der Waals surface area contributed by atoms with E-state index in [-0.39, 0.29) is 11.3 Å². The number of alkyl halides is 3. The van der Waals surface area contributed by atoms with Gasteiger partial charge in [0.1, 0.15) is 5.75 Å². The van der Waals surface area contributed by atoms with Crippen LogP contribution in [0.2, 0.25) is 0 Å². The molecule has 0 saturated heterocycles. The lowest BCUT2D eigenvalue weighted by Gasteiger charge is -2.10. The van der Waals surface area contributed by atoms with Crippen LogP contribution >= 0.6 is 0 Å². The van der Waals surface area contributed by atoms with Crippen LogP contribution in [0.25, 0.3) is 22.3 Å². The first-order valence-corrected chi connectivity index (χ1v) is 6.49. The van der Waals surface area contributed by atoms with Crippen molar-refractivity contribution in [2.45, 2.75) is 13.1 Å². The molecular formula is C16H11F3N2O. The van der Waals surface area contributed by atoms with E-state index in [1.54, 1.807) is 19.1 Å². The van der Waals surface area contributed by atoms with Crippen molar-refractivity contribution in [1.29, 1.82) is 0 Å². The number of phenolic OH excluding ortho intramolecular Hbond substituents is 1. The van der Waals surface area contributed by atoms with Gasteiger partial charge in [-0.3, -0.25) is 0 Å². The van der Waals surface area contributed by atoms with Crippen molar-refractivity contribution in [1.82, 2.24) is 9.97 Å². The van der Waals surface area contributed by atoms with E-state index in [0.717, 1.165) is 12.1 Å². The average Bonchev–Trinajstić information content (AvgIpc) is 2.46. The largest absolute Gasteiger partial charge is 0.508 e. The highest BCUT2D eigenvalue weighted by Crippen LogP contribution is 2.32. The summed E-state index contributed by atoms with van der Waals surface area (Å²) in [7, 11) is 0. The summed E-state index contributed by atoms with van der Waals surface area (Å²) >= 11 is 0. The summed E-state index contributed by atoms with van der Waals surface area (Å²) in [5.74, 6) is 0.421. The molecule has 0 radical (unpaired) electrons. The standard InChI is InChI=1S/C16H11F3N2O/c1-9-13-7-4-11(16(17,18)19)8-14(13)21-15(20-9)10-2-5-12(22)6-3-10/h2-8,22H,1H3. The molecule has 0 fully saturated rings. The van der Waals surface area contributed by atoms with Crippen molar-refractivity contribution in [2.75, 3.05) is 0 Å². The van der Waals surface area contributed by atoms with Gasteiger partial charge in [0.05, 0.1) is 11.1 Å². The number of nitrogens with zero attached hydrogens (tertiary/aromatic N) is 2. The third-order valence-electron chi connectivity index (χ3n) is 3.34. The van der Waals surface area contributed by atoms with Gasteiger partial charge in [-0.15, -0.1) is 0 Å². The molecule has 2 aromatic carbocycles. The van der Waals surface area contributed by atoms with E-state index in [1.165, 1.54) is 18.2 Å². The van der Waals surface area contributed by atoms with Crippen LogP contribution in [-0.2, 0) is 6.18 Å². The van der Waals surface area contributed by atoms with E-state index in [9.17, 15) is 18.3 Å². The van der Waals surface area contributed by atoms with Crippen molar-refractivity contribution >= 4 is 10.9 Å². The summed E-state index contributed by atoms with van der Waals surface area (Å²) in [6.07, 6.45) is -4.41. The second-order valence-electron chi connectivity index (χ2n) is 4.91. The van der Waals surface area contributed by atoms with Gasteiger partial charge in [0.25, 0.3) is 0 Å². The van der Waals surface area contributed by atoms with E-state index in [2.05, 4.69) is 9.97 Å². The molecule has 3 nitrogen and oxygen atoms in total. The Balaban J connectivity index is 2.19. The van der Waals surface area contributed by atoms with Crippen LogP contribution in [0.3, 0.4) is 0 Å². The third-order valence-corrected chi connectivity index (χ3v) is 3.34. The Morgan fingerprint density at radius 1 is 0.955 bits per heavy atom. The van der Waals surface area contributed by atoms with Crippen molar-refractivity contribution in [3.8, 4) is 17.1 Å². The number of hydrogen-bond donors (Lipinski definition) is 1. The molecule has 1 N–H and O–H groups in total. The van der Waals surface area contributed by atoms with Gasteiger partial charge in [0.2, 0.25) is 0 Å². The third kappa shape index (κ3) is 2.59. The normalized spacial score (nSPS) is 11.8.